The molecule has 0 aliphatic heterocycles. The van der Waals surface area contributed by atoms with Crippen LogP contribution in [0.15, 0.2) is 89.3 Å². The molecule has 5 aromatic rings. The van der Waals surface area contributed by atoms with E-state index in [1.807, 2.05) is 85.8 Å². The lowest BCUT2D eigenvalue weighted by atomic mass is 10.1. The fourth-order valence-corrected chi connectivity index (χ4v) is 4.51. The van der Waals surface area contributed by atoms with E-state index in [1.54, 1.807) is 6.07 Å². The van der Waals surface area contributed by atoms with Gasteiger partial charge in [-0.05, 0) is 24.6 Å². The van der Waals surface area contributed by atoms with Crippen molar-refractivity contribution in [1.82, 2.24) is 4.98 Å². The molecular weight excluding hydrogens is 420 g/mol. The monoisotopic (exact) mass is 440 g/mol. The van der Waals surface area contributed by atoms with Crippen molar-refractivity contribution < 1.29 is 13.9 Å². The maximum Gasteiger partial charge on any atom is 0.293 e. The zero-order valence-electron chi connectivity index (χ0n) is 17.4. The quantitative estimate of drug-likeness (QED) is 0.313. The number of anilines is 1. The Morgan fingerprint density at radius 2 is 1.69 bits per heavy atom. The van der Waals surface area contributed by atoms with Crippen LogP contribution in [0.25, 0.3) is 32.7 Å². The summed E-state index contributed by atoms with van der Waals surface area (Å²) in [6, 6.07) is 27.3. The van der Waals surface area contributed by atoms with Crippen LogP contribution in [0.5, 0.6) is 5.75 Å². The summed E-state index contributed by atoms with van der Waals surface area (Å²) in [6.07, 6.45) is 0. The number of carbonyl (C=O) groups excluding carboxylic acids is 1. The molecule has 0 saturated carbocycles. The van der Waals surface area contributed by atoms with Crippen LogP contribution in [0.4, 0.5) is 5.13 Å². The summed E-state index contributed by atoms with van der Waals surface area (Å²) < 4.78 is 11.4. The van der Waals surface area contributed by atoms with Crippen molar-refractivity contribution in [2.24, 2.45) is 0 Å². The number of amides is 1. The van der Waals surface area contributed by atoms with Gasteiger partial charge in [0.2, 0.25) is 0 Å². The van der Waals surface area contributed by atoms with Gasteiger partial charge in [-0.2, -0.15) is 0 Å². The number of benzene rings is 3. The number of furan rings is 1. The molecule has 1 N–H and O–H groups in total. The number of hydrogen-bond acceptors (Lipinski definition) is 5. The first-order valence-corrected chi connectivity index (χ1v) is 11.1. The fourth-order valence-electron chi connectivity index (χ4n) is 3.53. The van der Waals surface area contributed by atoms with Crippen LogP contribution in [0, 0.1) is 0 Å². The molecule has 5 nitrogen and oxygen atoms in total. The van der Waals surface area contributed by atoms with Crippen LogP contribution >= 0.6 is 11.3 Å². The Hall–Kier alpha value is -3.90. The number of aromatic nitrogens is 1. The second kappa shape index (κ2) is 8.69. The summed E-state index contributed by atoms with van der Waals surface area (Å²) in [6.45, 7) is 2.43. The molecule has 32 heavy (non-hydrogen) atoms. The zero-order chi connectivity index (χ0) is 21.9. The van der Waals surface area contributed by atoms with E-state index in [9.17, 15) is 4.79 Å². The summed E-state index contributed by atoms with van der Waals surface area (Å²) in [5.74, 6) is 0.484. The van der Waals surface area contributed by atoms with Gasteiger partial charge in [0.25, 0.3) is 5.91 Å². The molecule has 0 spiro atoms. The number of carbonyl (C=O) groups is 1. The van der Waals surface area contributed by atoms with E-state index in [1.165, 1.54) is 11.3 Å². The summed E-state index contributed by atoms with van der Waals surface area (Å²) in [5.41, 5.74) is 3.44. The number of nitrogens with one attached hydrogen (secondary N) is 1. The van der Waals surface area contributed by atoms with Crippen LogP contribution < -0.4 is 10.1 Å². The molecule has 2 aromatic heterocycles. The van der Waals surface area contributed by atoms with E-state index in [0.717, 1.165) is 27.1 Å². The van der Waals surface area contributed by atoms with Crippen molar-refractivity contribution in [2.75, 3.05) is 11.9 Å². The predicted octanol–water partition coefficient (Wildman–Crippen LogP) is 6.87. The molecule has 2 heterocycles. The Balaban J connectivity index is 1.49. The van der Waals surface area contributed by atoms with Crippen LogP contribution in [-0.4, -0.2) is 17.5 Å². The molecule has 6 heteroatoms. The second-order valence-electron chi connectivity index (χ2n) is 7.10. The number of thiazole rings is 1. The van der Waals surface area contributed by atoms with Crippen molar-refractivity contribution in [3.05, 3.63) is 90.7 Å². The molecule has 0 unspecified atom stereocenters. The minimum atomic E-state index is -0.350. The van der Waals surface area contributed by atoms with Crippen molar-refractivity contribution in [1.29, 1.82) is 0 Å². The summed E-state index contributed by atoms with van der Waals surface area (Å²) in [4.78, 5) is 18.7. The standard InChI is InChI=1S/C26H20N2O3S/c1-2-30-20-15-9-14-19-16-21(31-23(19)20)25(29)28-26-27-22(17-10-5-3-6-11-17)24(32-26)18-12-7-4-8-13-18/h3-16H,2H2,1H3,(H,27,28,29). The second-order valence-corrected chi connectivity index (χ2v) is 8.10. The SMILES string of the molecule is CCOc1cccc2cc(C(=O)Nc3nc(-c4ccccc4)c(-c4ccccc4)s3)oc12. The highest BCUT2D eigenvalue weighted by Gasteiger charge is 2.19. The number of para-hydroxylation sites is 1. The summed E-state index contributed by atoms with van der Waals surface area (Å²) in [5, 5.41) is 4.23. The van der Waals surface area contributed by atoms with Gasteiger partial charge < -0.3 is 9.15 Å². The zero-order valence-corrected chi connectivity index (χ0v) is 18.2. The summed E-state index contributed by atoms with van der Waals surface area (Å²) in [7, 11) is 0. The first-order chi connectivity index (χ1) is 15.7. The van der Waals surface area contributed by atoms with Gasteiger partial charge in [-0.15, -0.1) is 0 Å². The first-order valence-electron chi connectivity index (χ1n) is 10.3. The molecule has 0 atom stereocenters. The van der Waals surface area contributed by atoms with Gasteiger partial charge in [0.05, 0.1) is 17.2 Å². The van der Waals surface area contributed by atoms with E-state index in [0.29, 0.717) is 23.1 Å². The minimum absolute atomic E-state index is 0.213. The lowest BCUT2D eigenvalue weighted by Crippen LogP contribution is -2.10. The smallest absolute Gasteiger partial charge is 0.293 e. The van der Waals surface area contributed by atoms with Crippen molar-refractivity contribution in [3.8, 4) is 27.4 Å². The maximum atomic E-state index is 13.0. The van der Waals surface area contributed by atoms with Crippen molar-refractivity contribution in [2.45, 2.75) is 6.92 Å². The third-order valence-electron chi connectivity index (χ3n) is 4.96. The van der Waals surface area contributed by atoms with Crippen molar-refractivity contribution in [3.63, 3.8) is 0 Å². The van der Waals surface area contributed by atoms with Gasteiger partial charge in [0.15, 0.2) is 22.2 Å². The van der Waals surface area contributed by atoms with Crippen LogP contribution in [-0.2, 0) is 0 Å². The van der Waals surface area contributed by atoms with Gasteiger partial charge in [-0.3, -0.25) is 10.1 Å². The van der Waals surface area contributed by atoms with E-state index >= 15 is 0 Å². The van der Waals surface area contributed by atoms with Crippen LogP contribution in [0.2, 0.25) is 0 Å². The molecule has 0 aliphatic carbocycles. The number of fused-ring (bicyclic) bond motifs is 1. The van der Waals surface area contributed by atoms with E-state index in [2.05, 4.69) is 5.32 Å². The Labute approximate surface area is 189 Å². The Morgan fingerprint density at radius 1 is 0.969 bits per heavy atom. The van der Waals surface area contributed by atoms with Crippen LogP contribution in [0.3, 0.4) is 0 Å². The number of hydrogen-bond donors (Lipinski definition) is 1. The van der Waals surface area contributed by atoms with Gasteiger partial charge in [0.1, 0.15) is 0 Å². The Morgan fingerprint density at radius 3 is 2.41 bits per heavy atom. The molecular formula is C26H20N2O3S. The van der Waals surface area contributed by atoms with Gasteiger partial charge in [-0.1, -0.05) is 84.1 Å². The first kappa shape index (κ1) is 20.0. The molecule has 3 aromatic carbocycles. The lowest BCUT2D eigenvalue weighted by Gasteiger charge is -2.02. The lowest BCUT2D eigenvalue weighted by molar-refractivity contribution is 0.0998. The molecule has 0 saturated heterocycles. The highest BCUT2D eigenvalue weighted by Crippen LogP contribution is 2.39. The largest absolute Gasteiger partial charge is 0.490 e. The summed E-state index contributed by atoms with van der Waals surface area (Å²) >= 11 is 1.44. The van der Waals surface area contributed by atoms with E-state index in [4.69, 9.17) is 14.1 Å². The average Bonchev–Trinajstić information content (AvgIpc) is 3.46. The molecule has 0 radical (unpaired) electrons. The van der Waals surface area contributed by atoms with Gasteiger partial charge in [-0.25, -0.2) is 4.98 Å². The van der Waals surface area contributed by atoms with E-state index in [-0.39, 0.29) is 11.7 Å². The molecule has 158 valence electrons. The Kier molecular flexibility index (Phi) is 5.44. The van der Waals surface area contributed by atoms with Gasteiger partial charge in [0, 0.05) is 10.9 Å². The number of ether oxygens (including phenoxy) is 1. The third kappa shape index (κ3) is 3.88. The number of rotatable bonds is 6. The number of nitrogens with zero attached hydrogens (tertiary/aromatic N) is 1. The molecule has 1 amide bonds. The highest BCUT2D eigenvalue weighted by atomic mass is 32.1. The van der Waals surface area contributed by atoms with E-state index < -0.39 is 0 Å². The topological polar surface area (TPSA) is 64.4 Å². The third-order valence-corrected chi connectivity index (χ3v) is 5.98. The predicted molar refractivity (Wildman–Crippen MR) is 128 cm³/mol. The van der Waals surface area contributed by atoms with Gasteiger partial charge >= 0.3 is 0 Å². The molecule has 5 rings (SSSR count). The molecule has 0 fully saturated rings. The maximum absolute atomic E-state index is 13.0. The highest BCUT2D eigenvalue weighted by molar-refractivity contribution is 7.19. The normalized spacial score (nSPS) is 10.9. The van der Waals surface area contributed by atoms with Crippen LogP contribution in [0.1, 0.15) is 17.5 Å². The molecule has 0 aliphatic rings. The molecule has 0 bridgehead atoms. The van der Waals surface area contributed by atoms with Crippen molar-refractivity contribution >= 4 is 33.3 Å². The minimum Gasteiger partial charge on any atom is -0.490 e. The Bertz CT molecular complexity index is 1320. The fraction of sp³-hybridized carbons (Fsp3) is 0.0769. The average molecular weight is 441 g/mol.